The number of halogens is 2. The van der Waals surface area contributed by atoms with Gasteiger partial charge in [0.05, 0.1) is 6.61 Å². The largest absolute Gasteiger partial charge is 0.490 e. The molecule has 0 bridgehead atoms. The molecule has 9 heteroatoms. The number of nitrogens with two attached hydrogens (primary N) is 1. The predicted molar refractivity (Wildman–Crippen MR) is 91.6 cm³/mol. The molecular weight excluding hydrogens is 359 g/mol. The van der Waals surface area contributed by atoms with Crippen molar-refractivity contribution in [2.24, 2.45) is 5.73 Å². The van der Waals surface area contributed by atoms with Gasteiger partial charge in [-0.1, -0.05) is 12.8 Å². The fraction of sp³-hybridized carbons (Fsp3) is 0.600. The van der Waals surface area contributed by atoms with E-state index < -0.39 is 21.4 Å². The Morgan fingerprint density at radius 1 is 1.29 bits per heavy atom. The fourth-order valence-corrected chi connectivity index (χ4v) is 4.41. The van der Waals surface area contributed by atoms with Gasteiger partial charge in [-0.05, 0) is 31.0 Å². The van der Waals surface area contributed by atoms with Crippen LogP contribution in [-0.2, 0) is 14.8 Å². The van der Waals surface area contributed by atoms with E-state index in [1.165, 1.54) is 13.2 Å². The van der Waals surface area contributed by atoms with Gasteiger partial charge in [-0.25, -0.2) is 17.5 Å². The Balaban J connectivity index is 0.00000288. The van der Waals surface area contributed by atoms with Crippen molar-refractivity contribution < 1.29 is 22.3 Å². The number of ether oxygens (including phenoxy) is 2. The van der Waals surface area contributed by atoms with Gasteiger partial charge in [0.15, 0.2) is 0 Å². The summed E-state index contributed by atoms with van der Waals surface area (Å²) in [6.07, 6.45) is 3.19. The lowest BCUT2D eigenvalue weighted by atomic mass is 10.0. The Kier molecular flexibility index (Phi) is 7.88. The molecule has 0 aromatic heterocycles. The Hall–Kier alpha value is -0.930. The zero-order valence-corrected chi connectivity index (χ0v) is 15.2. The first-order chi connectivity index (χ1) is 10.9. The van der Waals surface area contributed by atoms with Crippen molar-refractivity contribution in [2.45, 2.75) is 36.1 Å². The normalized spacial score (nSPS) is 16.6. The van der Waals surface area contributed by atoms with Gasteiger partial charge in [-0.2, -0.15) is 0 Å². The van der Waals surface area contributed by atoms with E-state index in [-0.39, 0.29) is 36.2 Å². The van der Waals surface area contributed by atoms with Crippen molar-refractivity contribution >= 4 is 22.4 Å². The van der Waals surface area contributed by atoms with E-state index in [9.17, 15) is 12.8 Å². The van der Waals surface area contributed by atoms with Gasteiger partial charge < -0.3 is 15.2 Å². The third kappa shape index (κ3) is 5.03. The molecule has 0 unspecified atom stereocenters. The minimum absolute atomic E-state index is 0. The van der Waals surface area contributed by atoms with Gasteiger partial charge in [0.2, 0.25) is 10.0 Å². The van der Waals surface area contributed by atoms with Crippen LogP contribution < -0.4 is 15.2 Å². The second-order valence-electron chi connectivity index (χ2n) is 5.73. The van der Waals surface area contributed by atoms with Crippen molar-refractivity contribution in [2.75, 3.05) is 26.9 Å². The molecule has 0 amide bonds. The molecule has 0 radical (unpaired) electrons. The second kappa shape index (κ2) is 8.96. The van der Waals surface area contributed by atoms with Crippen LogP contribution in [0.5, 0.6) is 5.75 Å². The highest BCUT2D eigenvalue weighted by Crippen LogP contribution is 2.32. The molecule has 138 valence electrons. The number of nitrogens with one attached hydrogen (secondary N) is 1. The lowest BCUT2D eigenvalue weighted by Crippen LogP contribution is -2.51. The molecule has 0 spiro atoms. The SMILES string of the molecule is COCCOc1ccc(F)cc1S(=O)(=O)NC1(CN)CCCC1.Cl. The number of sulfonamides is 1. The number of hydrogen-bond acceptors (Lipinski definition) is 5. The molecule has 2 rings (SSSR count). The molecule has 1 aromatic rings. The standard InChI is InChI=1S/C15H23FN2O4S.ClH/c1-21-8-9-22-13-5-4-12(16)10-14(13)23(19,20)18-15(11-17)6-2-3-7-15;/h4-5,10,18H,2-3,6-9,11,17H2,1H3;1H. The van der Waals surface area contributed by atoms with Crippen LogP contribution in [0.4, 0.5) is 4.39 Å². The topological polar surface area (TPSA) is 90.6 Å². The van der Waals surface area contributed by atoms with E-state index in [1.807, 2.05) is 0 Å². The van der Waals surface area contributed by atoms with Crippen molar-refractivity contribution in [1.82, 2.24) is 4.72 Å². The lowest BCUT2D eigenvalue weighted by Gasteiger charge is -2.28. The highest BCUT2D eigenvalue weighted by atomic mass is 35.5. The van der Waals surface area contributed by atoms with Crippen molar-refractivity contribution in [1.29, 1.82) is 0 Å². The first kappa shape index (κ1) is 21.1. The number of benzene rings is 1. The summed E-state index contributed by atoms with van der Waals surface area (Å²) in [4.78, 5) is -0.215. The summed E-state index contributed by atoms with van der Waals surface area (Å²) >= 11 is 0. The Morgan fingerprint density at radius 3 is 2.54 bits per heavy atom. The van der Waals surface area contributed by atoms with E-state index >= 15 is 0 Å². The Bertz CT molecular complexity index is 636. The lowest BCUT2D eigenvalue weighted by molar-refractivity contribution is 0.144. The van der Waals surface area contributed by atoms with E-state index in [0.717, 1.165) is 25.0 Å². The molecule has 1 aliphatic carbocycles. The molecule has 1 aliphatic rings. The van der Waals surface area contributed by atoms with Crippen molar-refractivity contribution in [3.05, 3.63) is 24.0 Å². The fourth-order valence-electron chi connectivity index (χ4n) is 2.79. The van der Waals surface area contributed by atoms with Crippen LogP contribution in [0.3, 0.4) is 0 Å². The van der Waals surface area contributed by atoms with Crippen LogP contribution >= 0.6 is 12.4 Å². The molecule has 1 fully saturated rings. The summed E-state index contributed by atoms with van der Waals surface area (Å²) in [6.45, 7) is 0.686. The number of rotatable bonds is 8. The molecule has 6 nitrogen and oxygen atoms in total. The summed E-state index contributed by atoms with van der Waals surface area (Å²) in [5.41, 5.74) is 5.11. The summed E-state index contributed by atoms with van der Waals surface area (Å²) < 4.78 is 51.9. The summed E-state index contributed by atoms with van der Waals surface area (Å²) in [6, 6.07) is 3.43. The molecule has 1 saturated carbocycles. The van der Waals surface area contributed by atoms with E-state index in [4.69, 9.17) is 15.2 Å². The van der Waals surface area contributed by atoms with E-state index in [2.05, 4.69) is 4.72 Å². The third-order valence-electron chi connectivity index (χ3n) is 4.04. The molecule has 0 saturated heterocycles. The Morgan fingerprint density at radius 2 is 1.96 bits per heavy atom. The van der Waals surface area contributed by atoms with Gasteiger partial charge in [-0.3, -0.25) is 0 Å². The minimum atomic E-state index is -3.94. The molecule has 1 aromatic carbocycles. The van der Waals surface area contributed by atoms with Crippen LogP contribution in [0.25, 0.3) is 0 Å². The summed E-state index contributed by atoms with van der Waals surface area (Å²) in [5.74, 6) is -0.543. The predicted octanol–water partition coefficient (Wildman–Crippen LogP) is 1.82. The number of methoxy groups -OCH3 is 1. The van der Waals surface area contributed by atoms with Crippen molar-refractivity contribution in [3.8, 4) is 5.75 Å². The maximum atomic E-state index is 13.6. The second-order valence-corrected chi connectivity index (χ2v) is 7.38. The quantitative estimate of drug-likeness (QED) is 0.669. The van der Waals surface area contributed by atoms with Crippen LogP contribution in [0.2, 0.25) is 0 Å². The van der Waals surface area contributed by atoms with Crippen LogP contribution in [0.15, 0.2) is 23.1 Å². The molecular formula is C15H24ClFN2O4S. The van der Waals surface area contributed by atoms with Gasteiger partial charge in [0, 0.05) is 19.2 Å². The van der Waals surface area contributed by atoms with Crippen molar-refractivity contribution in [3.63, 3.8) is 0 Å². The average Bonchev–Trinajstić information content (AvgIpc) is 2.97. The highest BCUT2D eigenvalue weighted by molar-refractivity contribution is 7.89. The van der Waals surface area contributed by atoms with Crippen LogP contribution in [0, 0.1) is 5.82 Å². The minimum Gasteiger partial charge on any atom is -0.490 e. The molecule has 0 aliphatic heterocycles. The monoisotopic (exact) mass is 382 g/mol. The van der Waals surface area contributed by atoms with E-state index in [0.29, 0.717) is 19.4 Å². The van der Waals surface area contributed by atoms with Gasteiger partial charge in [0.25, 0.3) is 0 Å². The smallest absolute Gasteiger partial charge is 0.244 e. The van der Waals surface area contributed by atoms with Crippen LogP contribution in [0.1, 0.15) is 25.7 Å². The zero-order valence-electron chi connectivity index (χ0n) is 13.6. The first-order valence-corrected chi connectivity index (χ1v) is 9.06. The molecule has 24 heavy (non-hydrogen) atoms. The van der Waals surface area contributed by atoms with Crippen LogP contribution in [-0.4, -0.2) is 40.8 Å². The molecule has 0 heterocycles. The van der Waals surface area contributed by atoms with Gasteiger partial charge >= 0.3 is 0 Å². The molecule has 3 N–H and O–H groups in total. The Labute approximate surface area is 148 Å². The third-order valence-corrected chi connectivity index (χ3v) is 5.64. The van der Waals surface area contributed by atoms with Gasteiger partial charge in [0.1, 0.15) is 23.1 Å². The maximum Gasteiger partial charge on any atom is 0.244 e. The summed E-state index contributed by atoms with van der Waals surface area (Å²) in [5, 5.41) is 0. The summed E-state index contributed by atoms with van der Waals surface area (Å²) in [7, 11) is -2.43. The number of hydrogen-bond donors (Lipinski definition) is 2. The maximum absolute atomic E-state index is 13.6. The first-order valence-electron chi connectivity index (χ1n) is 7.58. The molecule has 0 atom stereocenters. The average molecular weight is 383 g/mol. The zero-order chi connectivity index (χ0) is 16.9. The highest BCUT2D eigenvalue weighted by Gasteiger charge is 2.37. The van der Waals surface area contributed by atoms with Gasteiger partial charge in [-0.15, -0.1) is 12.4 Å². The van der Waals surface area contributed by atoms with E-state index in [1.54, 1.807) is 0 Å².